The first-order chi connectivity index (χ1) is 9.66. The van der Waals surface area contributed by atoms with Gasteiger partial charge in [-0.25, -0.2) is 4.68 Å². The van der Waals surface area contributed by atoms with Gasteiger partial charge < -0.3 is 0 Å². The highest BCUT2D eigenvalue weighted by Crippen LogP contribution is 2.38. The van der Waals surface area contributed by atoms with Crippen LogP contribution in [0.25, 0.3) is 11.4 Å². The van der Waals surface area contributed by atoms with E-state index in [1.807, 2.05) is 7.05 Å². The first kappa shape index (κ1) is 13.3. The van der Waals surface area contributed by atoms with Crippen LogP contribution < -0.4 is 0 Å². The Balaban J connectivity index is 1.83. The summed E-state index contributed by atoms with van der Waals surface area (Å²) in [6.45, 7) is 2.43. The van der Waals surface area contributed by atoms with Crippen molar-refractivity contribution < 1.29 is 0 Å². The number of hydrogen-bond donors (Lipinski definition) is 0. The van der Waals surface area contributed by atoms with E-state index in [2.05, 4.69) is 46.7 Å². The molecule has 0 unspecified atom stereocenters. The topological polar surface area (TPSA) is 43.6 Å². The van der Waals surface area contributed by atoms with E-state index in [0.29, 0.717) is 5.41 Å². The van der Waals surface area contributed by atoms with E-state index in [9.17, 15) is 0 Å². The number of aromatic nitrogens is 4. The third-order valence-corrected chi connectivity index (χ3v) is 4.50. The number of tetrazole rings is 1. The lowest BCUT2D eigenvalue weighted by atomic mass is 9.72. The van der Waals surface area contributed by atoms with Gasteiger partial charge in [0.2, 0.25) is 0 Å². The molecule has 0 radical (unpaired) electrons. The molecule has 1 saturated carbocycles. The van der Waals surface area contributed by atoms with Gasteiger partial charge in [-0.15, -0.1) is 5.10 Å². The second kappa shape index (κ2) is 5.35. The van der Waals surface area contributed by atoms with E-state index in [1.54, 1.807) is 4.68 Å². The summed E-state index contributed by atoms with van der Waals surface area (Å²) in [6.07, 6.45) is 8.02. The molecule has 4 nitrogen and oxygen atoms in total. The number of nitrogens with zero attached hydrogens (tertiary/aromatic N) is 4. The van der Waals surface area contributed by atoms with Crippen molar-refractivity contribution in [1.82, 2.24) is 20.2 Å². The second-order valence-corrected chi connectivity index (χ2v) is 6.37. The van der Waals surface area contributed by atoms with Crippen LogP contribution in [0.2, 0.25) is 0 Å². The van der Waals surface area contributed by atoms with Gasteiger partial charge >= 0.3 is 0 Å². The molecule has 0 aliphatic heterocycles. The molecular formula is C16H22N4. The molecule has 1 aliphatic carbocycles. The fraction of sp³-hybridized carbons (Fsp3) is 0.562. The molecule has 1 aliphatic rings. The number of hydrogen-bond acceptors (Lipinski definition) is 3. The minimum atomic E-state index is 0.467. The summed E-state index contributed by atoms with van der Waals surface area (Å²) >= 11 is 0. The van der Waals surface area contributed by atoms with E-state index < -0.39 is 0 Å². The maximum absolute atomic E-state index is 4.09. The van der Waals surface area contributed by atoms with Crippen LogP contribution >= 0.6 is 0 Å². The van der Waals surface area contributed by atoms with E-state index in [-0.39, 0.29) is 0 Å². The Morgan fingerprint density at radius 2 is 2.00 bits per heavy atom. The van der Waals surface area contributed by atoms with Crippen LogP contribution in [0.5, 0.6) is 0 Å². The van der Waals surface area contributed by atoms with Gasteiger partial charge in [0.25, 0.3) is 0 Å². The fourth-order valence-electron chi connectivity index (χ4n) is 3.37. The van der Waals surface area contributed by atoms with Crippen LogP contribution in [0.15, 0.2) is 24.3 Å². The molecule has 4 heteroatoms. The summed E-state index contributed by atoms with van der Waals surface area (Å²) in [4.78, 5) is 0. The third kappa shape index (κ3) is 2.74. The van der Waals surface area contributed by atoms with Crippen molar-refractivity contribution in [2.45, 2.75) is 45.4 Å². The van der Waals surface area contributed by atoms with Crippen LogP contribution in [-0.4, -0.2) is 20.2 Å². The quantitative estimate of drug-likeness (QED) is 0.858. The molecule has 0 amide bonds. The summed E-state index contributed by atoms with van der Waals surface area (Å²) in [5, 5.41) is 11.7. The minimum absolute atomic E-state index is 0.467. The van der Waals surface area contributed by atoms with Crippen LogP contribution in [0.1, 0.15) is 44.6 Å². The smallest absolute Gasteiger partial charge is 0.181 e. The summed E-state index contributed by atoms with van der Waals surface area (Å²) < 4.78 is 1.72. The van der Waals surface area contributed by atoms with Crippen LogP contribution in [0, 0.1) is 5.41 Å². The zero-order valence-electron chi connectivity index (χ0n) is 12.3. The highest BCUT2D eigenvalue weighted by molar-refractivity contribution is 5.55. The molecule has 20 heavy (non-hydrogen) atoms. The first-order valence-electron chi connectivity index (χ1n) is 7.48. The number of rotatable bonds is 3. The second-order valence-electron chi connectivity index (χ2n) is 6.37. The summed E-state index contributed by atoms with van der Waals surface area (Å²) in [6, 6.07) is 8.67. The SMILES string of the molecule is Cn1nnnc1-c1cccc(CC2(C)CCCCC2)c1. The van der Waals surface area contributed by atoms with Crippen molar-refractivity contribution in [1.29, 1.82) is 0 Å². The largest absolute Gasteiger partial charge is 0.229 e. The molecule has 1 aromatic heterocycles. The lowest BCUT2D eigenvalue weighted by Crippen LogP contribution is -2.22. The van der Waals surface area contributed by atoms with Gasteiger partial charge in [0.1, 0.15) is 0 Å². The van der Waals surface area contributed by atoms with Gasteiger partial charge in [0.15, 0.2) is 5.82 Å². The van der Waals surface area contributed by atoms with Crippen molar-refractivity contribution in [2.75, 3.05) is 0 Å². The Morgan fingerprint density at radius 3 is 2.70 bits per heavy atom. The molecule has 1 heterocycles. The Morgan fingerprint density at radius 1 is 1.20 bits per heavy atom. The summed E-state index contributed by atoms with van der Waals surface area (Å²) in [7, 11) is 1.88. The van der Waals surface area contributed by atoms with Crippen LogP contribution in [0.4, 0.5) is 0 Å². The van der Waals surface area contributed by atoms with E-state index in [0.717, 1.165) is 17.8 Å². The van der Waals surface area contributed by atoms with Crippen LogP contribution in [-0.2, 0) is 13.5 Å². The minimum Gasteiger partial charge on any atom is -0.229 e. The molecule has 3 rings (SSSR count). The summed E-state index contributed by atoms with van der Waals surface area (Å²) in [5.74, 6) is 0.834. The molecule has 1 aromatic carbocycles. The Bertz CT molecular complexity index is 582. The standard InChI is InChI=1S/C16H22N4/c1-16(9-4-3-5-10-16)12-13-7-6-8-14(11-13)15-17-18-19-20(15)2/h6-8,11H,3-5,9-10,12H2,1-2H3. The normalized spacial score (nSPS) is 18.1. The molecular weight excluding hydrogens is 248 g/mol. The highest BCUT2D eigenvalue weighted by atomic mass is 15.5. The number of benzene rings is 1. The molecule has 2 aromatic rings. The van der Waals surface area contributed by atoms with Gasteiger partial charge in [-0.1, -0.05) is 44.4 Å². The van der Waals surface area contributed by atoms with Gasteiger partial charge in [-0.3, -0.25) is 0 Å². The molecule has 106 valence electrons. The Labute approximate surface area is 120 Å². The Kier molecular flexibility index (Phi) is 3.55. The zero-order chi connectivity index (χ0) is 14.0. The molecule has 1 fully saturated rings. The van der Waals surface area contributed by atoms with Crippen molar-refractivity contribution in [3.8, 4) is 11.4 Å². The van der Waals surface area contributed by atoms with Crippen molar-refractivity contribution >= 4 is 0 Å². The number of aryl methyl sites for hydroxylation is 1. The molecule has 0 atom stereocenters. The van der Waals surface area contributed by atoms with Gasteiger partial charge in [0.05, 0.1) is 0 Å². The zero-order valence-corrected chi connectivity index (χ0v) is 12.3. The monoisotopic (exact) mass is 270 g/mol. The maximum Gasteiger partial charge on any atom is 0.181 e. The van der Waals surface area contributed by atoms with Gasteiger partial charge in [0, 0.05) is 12.6 Å². The third-order valence-electron chi connectivity index (χ3n) is 4.50. The lowest BCUT2D eigenvalue weighted by molar-refractivity contribution is 0.215. The van der Waals surface area contributed by atoms with Crippen molar-refractivity contribution in [3.63, 3.8) is 0 Å². The predicted molar refractivity (Wildman–Crippen MR) is 79.1 cm³/mol. The highest BCUT2D eigenvalue weighted by Gasteiger charge is 2.27. The molecule has 0 N–H and O–H groups in total. The molecule has 0 bridgehead atoms. The first-order valence-corrected chi connectivity index (χ1v) is 7.48. The van der Waals surface area contributed by atoms with Crippen LogP contribution in [0.3, 0.4) is 0 Å². The predicted octanol–water partition coefficient (Wildman–Crippen LogP) is 3.39. The van der Waals surface area contributed by atoms with Gasteiger partial charge in [-0.2, -0.15) is 0 Å². The average Bonchev–Trinajstić information content (AvgIpc) is 2.85. The van der Waals surface area contributed by atoms with E-state index in [1.165, 1.54) is 37.7 Å². The van der Waals surface area contributed by atoms with Gasteiger partial charge in [-0.05, 0) is 46.7 Å². The fourth-order valence-corrected chi connectivity index (χ4v) is 3.37. The van der Waals surface area contributed by atoms with Crippen molar-refractivity contribution in [2.24, 2.45) is 12.5 Å². The average molecular weight is 270 g/mol. The Hall–Kier alpha value is -1.71. The van der Waals surface area contributed by atoms with E-state index in [4.69, 9.17) is 0 Å². The maximum atomic E-state index is 4.09. The van der Waals surface area contributed by atoms with Crippen molar-refractivity contribution in [3.05, 3.63) is 29.8 Å². The van der Waals surface area contributed by atoms with E-state index >= 15 is 0 Å². The molecule has 0 saturated heterocycles. The molecule has 0 spiro atoms. The lowest BCUT2D eigenvalue weighted by Gasteiger charge is -2.33. The summed E-state index contributed by atoms with van der Waals surface area (Å²) in [5.41, 5.74) is 2.97.